The summed E-state index contributed by atoms with van der Waals surface area (Å²) in [6.45, 7) is 2.13. The number of methoxy groups -OCH3 is 1. The Hall–Kier alpha value is -1.90. The molecule has 3 aliphatic heterocycles. The summed E-state index contributed by atoms with van der Waals surface area (Å²) in [6.07, 6.45) is 3.63. The molecular weight excluding hydrogens is 404 g/mol. The molecular formula is C22H28N2O5S. The lowest BCUT2D eigenvalue weighted by molar-refractivity contribution is 0.0441. The number of rotatable bonds is 8. The maximum Gasteiger partial charge on any atom is 0.261 e. The molecule has 1 aromatic carbocycles. The highest BCUT2D eigenvalue weighted by Crippen LogP contribution is 2.28. The summed E-state index contributed by atoms with van der Waals surface area (Å²) in [5, 5.41) is 0. The second-order valence-electron chi connectivity index (χ2n) is 7.98. The summed E-state index contributed by atoms with van der Waals surface area (Å²) in [5.74, 6) is 1.26. The van der Waals surface area contributed by atoms with Crippen LogP contribution in [0.3, 0.4) is 0 Å². The molecule has 30 heavy (non-hydrogen) atoms. The Morgan fingerprint density at radius 3 is 2.80 bits per heavy atom. The van der Waals surface area contributed by atoms with E-state index in [4.69, 9.17) is 9.47 Å². The fraction of sp³-hybridized carbons (Fsp3) is 0.591. The quantitative estimate of drug-likeness (QED) is 0.464. The second-order valence-corrected chi connectivity index (χ2v) is 9.13. The third kappa shape index (κ3) is 4.26. The Labute approximate surface area is 181 Å². The molecule has 2 fully saturated rings. The number of benzene rings is 1. The number of nitrogens with zero attached hydrogens (tertiary/aromatic N) is 2. The van der Waals surface area contributed by atoms with E-state index in [1.54, 1.807) is 25.3 Å². The summed E-state index contributed by atoms with van der Waals surface area (Å²) in [5.41, 5.74) is 1.15. The molecule has 162 valence electrons. The summed E-state index contributed by atoms with van der Waals surface area (Å²) in [7, 11) is 1.59. The molecule has 8 heteroatoms. The summed E-state index contributed by atoms with van der Waals surface area (Å²) in [6, 6.07) is 5.07. The second kappa shape index (κ2) is 9.49. The lowest BCUT2D eigenvalue weighted by atomic mass is 10.0. The molecule has 2 atom stereocenters. The fourth-order valence-corrected chi connectivity index (χ4v) is 5.56. The summed E-state index contributed by atoms with van der Waals surface area (Å²) in [4.78, 5) is 42.0. The van der Waals surface area contributed by atoms with Crippen LogP contribution in [0.25, 0.3) is 0 Å². The van der Waals surface area contributed by atoms with Crippen molar-refractivity contribution in [1.82, 2.24) is 9.80 Å². The monoisotopic (exact) mass is 432 g/mol. The first-order valence-electron chi connectivity index (χ1n) is 10.6. The van der Waals surface area contributed by atoms with Crippen LogP contribution in [-0.4, -0.2) is 84.6 Å². The van der Waals surface area contributed by atoms with Crippen molar-refractivity contribution in [2.45, 2.75) is 37.8 Å². The van der Waals surface area contributed by atoms with Crippen molar-refractivity contribution < 1.29 is 23.9 Å². The number of thioether (sulfide) groups is 1. The Bertz CT molecular complexity index is 818. The highest BCUT2D eigenvalue weighted by atomic mass is 32.2. The lowest BCUT2D eigenvalue weighted by Crippen LogP contribution is -2.44. The molecule has 2 unspecified atom stereocenters. The van der Waals surface area contributed by atoms with Gasteiger partial charge in [-0.05, 0) is 49.6 Å². The largest absolute Gasteiger partial charge is 0.385 e. The molecule has 0 aromatic heterocycles. The highest BCUT2D eigenvalue weighted by Gasteiger charge is 2.37. The van der Waals surface area contributed by atoms with Gasteiger partial charge in [0, 0.05) is 50.8 Å². The van der Waals surface area contributed by atoms with Crippen LogP contribution in [0.5, 0.6) is 0 Å². The molecule has 0 bridgehead atoms. The standard InChI is InChI=1S/C22H28N2O5S/c1-28-9-3-8-23-21(26)18-6-5-15(12-19(18)22(23)27)20(25)24(16-7-11-30-14-16)13-17-4-2-10-29-17/h5-6,12,16-17H,2-4,7-11,13-14H2,1H3. The van der Waals surface area contributed by atoms with Gasteiger partial charge in [-0.15, -0.1) is 0 Å². The van der Waals surface area contributed by atoms with Crippen LogP contribution in [-0.2, 0) is 9.47 Å². The third-order valence-corrected chi connectivity index (χ3v) is 7.12. The van der Waals surface area contributed by atoms with E-state index in [1.807, 2.05) is 16.7 Å². The van der Waals surface area contributed by atoms with Gasteiger partial charge >= 0.3 is 0 Å². The van der Waals surface area contributed by atoms with Crippen molar-refractivity contribution in [2.75, 3.05) is 44.9 Å². The molecule has 0 N–H and O–H groups in total. The molecule has 0 radical (unpaired) electrons. The van der Waals surface area contributed by atoms with Gasteiger partial charge in [0.1, 0.15) is 0 Å². The minimum absolute atomic E-state index is 0.0773. The van der Waals surface area contributed by atoms with Crippen LogP contribution in [0.1, 0.15) is 56.8 Å². The van der Waals surface area contributed by atoms with Crippen molar-refractivity contribution in [3.63, 3.8) is 0 Å². The predicted octanol–water partition coefficient (Wildman–Crippen LogP) is 2.45. The molecule has 3 amide bonds. The van der Waals surface area contributed by atoms with Gasteiger partial charge in [0.25, 0.3) is 17.7 Å². The van der Waals surface area contributed by atoms with Gasteiger partial charge in [0.05, 0.1) is 17.2 Å². The van der Waals surface area contributed by atoms with Gasteiger partial charge in [-0.1, -0.05) is 0 Å². The van der Waals surface area contributed by atoms with Crippen molar-refractivity contribution in [3.05, 3.63) is 34.9 Å². The number of hydrogen-bond acceptors (Lipinski definition) is 6. The molecule has 7 nitrogen and oxygen atoms in total. The molecule has 1 aromatic rings. The molecule has 0 aliphatic carbocycles. The number of carbonyl (C=O) groups is 3. The van der Waals surface area contributed by atoms with Crippen LogP contribution >= 0.6 is 11.8 Å². The molecule has 0 saturated carbocycles. The topological polar surface area (TPSA) is 76.2 Å². The Kier molecular flexibility index (Phi) is 6.75. The number of ether oxygens (including phenoxy) is 2. The normalized spacial score (nSPS) is 23.3. The zero-order valence-corrected chi connectivity index (χ0v) is 18.1. The first-order chi connectivity index (χ1) is 14.6. The van der Waals surface area contributed by atoms with E-state index in [2.05, 4.69) is 0 Å². The summed E-state index contributed by atoms with van der Waals surface area (Å²) < 4.78 is 10.8. The molecule has 3 aliphatic rings. The molecule has 2 saturated heterocycles. The number of fused-ring (bicyclic) bond motifs is 1. The van der Waals surface area contributed by atoms with Gasteiger partial charge in [0.2, 0.25) is 0 Å². The number of hydrogen-bond donors (Lipinski definition) is 0. The number of imide groups is 1. The first kappa shape index (κ1) is 21.3. The van der Waals surface area contributed by atoms with Crippen LogP contribution in [0.15, 0.2) is 18.2 Å². The smallest absolute Gasteiger partial charge is 0.261 e. The third-order valence-electron chi connectivity index (χ3n) is 5.98. The van der Waals surface area contributed by atoms with Gasteiger partial charge in [0.15, 0.2) is 0 Å². The minimum atomic E-state index is -0.331. The molecule has 3 heterocycles. The van der Waals surface area contributed by atoms with E-state index in [0.717, 1.165) is 37.4 Å². The first-order valence-corrected chi connectivity index (χ1v) is 11.7. The van der Waals surface area contributed by atoms with Crippen molar-refractivity contribution in [1.29, 1.82) is 0 Å². The van der Waals surface area contributed by atoms with Crippen LogP contribution in [0.4, 0.5) is 0 Å². The lowest BCUT2D eigenvalue weighted by Gasteiger charge is -2.31. The fourth-order valence-electron chi connectivity index (χ4n) is 4.33. The SMILES string of the molecule is COCCCN1C(=O)c2ccc(C(=O)N(CC3CCCO3)C3CCSC3)cc2C1=O. The van der Waals surface area contributed by atoms with Gasteiger partial charge in [-0.25, -0.2) is 0 Å². The Morgan fingerprint density at radius 2 is 2.10 bits per heavy atom. The van der Waals surface area contributed by atoms with Gasteiger partial charge < -0.3 is 14.4 Å². The van der Waals surface area contributed by atoms with E-state index in [1.165, 1.54) is 4.90 Å². The van der Waals surface area contributed by atoms with Gasteiger partial charge in [-0.2, -0.15) is 11.8 Å². The maximum atomic E-state index is 13.4. The zero-order chi connectivity index (χ0) is 21.1. The minimum Gasteiger partial charge on any atom is -0.385 e. The number of carbonyl (C=O) groups excluding carboxylic acids is 3. The predicted molar refractivity (Wildman–Crippen MR) is 114 cm³/mol. The molecule has 4 rings (SSSR count). The van der Waals surface area contributed by atoms with Crippen LogP contribution in [0.2, 0.25) is 0 Å². The van der Waals surface area contributed by atoms with E-state index in [-0.39, 0.29) is 29.9 Å². The van der Waals surface area contributed by atoms with E-state index >= 15 is 0 Å². The van der Waals surface area contributed by atoms with Crippen molar-refractivity contribution in [3.8, 4) is 0 Å². The van der Waals surface area contributed by atoms with E-state index in [0.29, 0.717) is 42.8 Å². The van der Waals surface area contributed by atoms with Gasteiger partial charge in [-0.3, -0.25) is 19.3 Å². The Morgan fingerprint density at radius 1 is 1.27 bits per heavy atom. The average molecular weight is 433 g/mol. The maximum absolute atomic E-state index is 13.4. The van der Waals surface area contributed by atoms with Crippen molar-refractivity contribution >= 4 is 29.5 Å². The van der Waals surface area contributed by atoms with Crippen LogP contribution in [0, 0.1) is 0 Å². The molecule has 0 spiro atoms. The summed E-state index contributed by atoms with van der Waals surface area (Å²) >= 11 is 1.86. The van der Waals surface area contributed by atoms with Crippen LogP contribution < -0.4 is 0 Å². The Balaban J connectivity index is 1.54. The van der Waals surface area contributed by atoms with E-state index in [9.17, 15) is 14.4 Å². The van der Waals surface area contributed by atoms with E-state index < -0.39 is 0 Å². The average Bonchev–Trinajstić information content (AvgIpc) is 3.50. The number of amides is 3. The zero-order valence-electron chi connectivity index (χ0n) is 17.3. The van der Waals surface area contributed by atoms with Crippen molar-refractivity contribution in [2.24, 2.45) is 0 Å². The highest BCUT2D eigenvalue weighted by molar-refractivity contribution is 7.99.